The Morgan fingerprint density at radius 3 is 3.08 bits per heavy atom. The molecule has 0 radical (unpaired) electrons. The van der Waals surface area contributed by atoms with Crippen molar-refractivity contribution in [2.24, 2.45) is 5.73 Å². The Kier molecular flexibility index (Phi) is 4.05. The topological polar surface area (TPSA) is 58.7 Å². The van der Waals surface area contributed by atoms with Crippen LogP contribution in [-0.2, 0) is 4.74 Å². The smallest absolute Gasteiger partial charge is 0.0900 e. The van der Waals surface area contributed by atoms with Crippen molar-refractivity contribution in [3.05, 3.63) is 0 Å². The van der Waals surface area contributed by atoms with Gasteiger partial charge in [-0.2, -0.15) is 0 Å². The fourth-order valence-corrected chi connectivity index (χ4v) is 1.50. The molecule has 0 spiro atoms. The second-order valence-electron chi connectivity index (χ2n) is 3.30. The number of rotatable bonds is 2. The van der Waals surface area contributed by atoms with Crippen LogP contribution in [-0.4, -0.2) is 53.4 Å². The molecule has 1 heterocycles. The lowest BCUT2D eigenvalue weighted by Gasteiger charge is -2.26. The lowest BCUT2D eigenvalue weighted by Crippen LogP contribution is -2.45. The molecule has 0 aromatic rings. The molecule has 0 aromatic carbocycles. The highest BCUT2D eigenvalue weighted by molar-refractivity contribution is 7.80. The van der Waals surface area contributed by atoms with E-state index in [2.05, 4.69) is 0 Å². The summed E-state index contributed by atoms with van der Waals surface area (Å²) >= 11 is 4.90. The van der Waals surface area contributed by atoms with E-state index in [1.54, 1.807) is 0 Å². The molecule has 13 heavy (non-hydrogen) atoms. The number of nitrogens with two attached hydrogens (primary N) is 1. The Labute approximate surface area is 83.7 Å². The van der Waals surface area contributed by atoms with E-state index in [9.17, 15) is 5.11 Å². The number of β-amino-alcohol motifs (C(OH)–C–C–N with tert-alkyl or cyclic N) is 1. The predicted octanol–water partition coefficient (Wildman–Crippen LogP) is -0.646. The fraction of sp³-hybridized carbons (Fsp3) is 0.875. The van der Waals surface area contributed by atoms with Gasteiger partial charge >= 0.3 is 0 Å². The number of thiocarbonyl (C=S) groups is 1. The van der Waals surface area contributed by atoms with Gasteiger partial charge in [-0.25, -0.2) is 0 Å². The maximum absolute atomic E-state index is 9.44. The van der Waals surface area contributed by atoms with Crippen molar-refractivity contribution in [2.75, 3.05) is 26.3 Å². The molecule has 0 bridgehead atoms. The molecule has 3 N–H and O–H groups in total. The Morgan fingerprint density at radius 1 is 1.77 bits per heavy atom. The van der Waals surface area contributed by atoms with Crippen molar-refractivity contribution in [3.63, 3.8) is 0 Å². The first kappa shape index (κ1) is 10.8. The second-order valence-corrected chi connectivity index (χ2v) is 3.77. The van der Waals surface area contributed by atoms with Gasteiger partial charge in [0.1, 0.15) is 0 Å². The fourth-order valence-electron chi connectivity index (χ4n) is 1.35. The van der Waals surface area contributed by atoms with Crippen LogP contribution in [0, 0.1) is 0 Å². The summed E-state index contributed by atoms with van der Waals surface area (Å²) in [6, 6.07) is 0.0337. The third-order valence-electron chi connectivity index (χ3n) is 2.24. The highest BCUT2D eigenvalue weighted by Gasteiger charge is 2.21. The van der Waals surface area contributed by atoms with E-state index in [1.807, 2.05) is 11.8 Å². The van der Waals surface area contributed by atoms with Gasteiger partial charge in [-0.15, -0.1) is 0 Å². The summed E-state index contributed by atoms with van der Waals surface area (Å²) in [6.45, 7) is 4.33. The van der Waals surface area contributed by atoms with E-state index >= 15 is 0 Å². The van der Waals surface area contributed by atoms with Crippen molar-refractivity contribution < 1.29 is 9.84 Å². The van der Waals surface area contributed by atoms with Crippen LogP contribution in [0.5, 0.6) is 0 Å². The molecule has 0 aliphatic carbocycles. The molecule has 2 atom stereocenters. The molecule has 1 rings (SSSR count). The first-order chi connectivity index (χ1) is 6.11. The van der Waals surface area contributed by atoms with Crippen LogP contribution in [0.15, 0.2) is 0 Å². The average molecular weight is 204 g/mol. The van der Waals surface area contributed by atoms with Crippen molar-refractivity contribution in [3.8, 4) is 0 Å². The first-order valence-electron chi connectivity index (χ1n) is 4.40. The Hall–Kier alpha value is -0.230. The molecule has 0 aromatic heterocycles. The van der Waals surface area contributed by atoms with Crippen LogP contribution >= 0.6 is 12.2 Å². The molecule has 76 valence electrons. The van der Waals surface area contributed by atoms with Gasteiger partial charge in [-0.3, -0.25) is 4.90 Å². The van der Waals surface area contributed by atoms with Crippen molar-refractivity contribution in [2.45, 2.75) is 19.1 Å². The van der Waals surface area contributed by atoms with Gasteiger partial charge < -0.3 is 15.6 Å². The van der Waals surface area contributed by atoms with Gasteiger partial charge in [0.2, 0.25) is 0 Å². The zero-order chi connectivity index (χ0) is 9.84. The molecule has 1 aliphatic rings. The van der Waals surface area contributed by atoms with Gasteiger partial charge in [0, 0.05) is 13.1 Å². The zero-order valence-corrected chi connectivity index (χ0v) is 8.59. The number of hydrogen-bond acceptors (Lipinski definition) is 4. The number of nitrogens with zero attached hydrogens (tertiary/aromatic N) is 1. The summed E-state index contributed by atoms with van der Waals surface area (Å²) in [5.74, 6) is 0. The van der Waals surface area contributed by atoms with Crippen LogP contribution in [0.1, 0.15) is 6.92 Å². The quantitative estimate of drug-likeness (QED) is 0.586. The summed E-state index contributed by atoms with van der Waals surface area (Å²) in [5.41, 5.74) is 5.53. The maximum atomic E-state index is 9.44. The number of hydrogen-bond donors (Lipinski definition) is 2. The summed E-state index contributed by atoms with van der Waals surface area (Å²) in [7, 11) is 0. The lowest BCUT2D eigenvalue weighted by molar-refractivity contribution is 0.0560. The van der Waals surface area contributed by atoms with E-state index in [0.29, 0.717) is 24.7 Å². The van der Waals surface area contributed by atoms with Crippen LogP contribution in [0.4, 0.5) is 0 Å². The molecule has 1 fully saturated rings. The lowest BCUT2D eigenvalue weighted by atomic mass is 10.2. The monoisotopic (exact) mass is 204 g/mol. The highest BCUT2D eigenvalue weighted by atomic mass is 32.1. The van der Waals surface area contributed by atoms with Crippen LogP contribution < -0.4 is 5.73 Å². The summed E-state index contributed by atoms with van der Waals surface area (Å²) in [5, 5.41) is 9.44. The molecular formula is C8H16N2O2S. The molecule has 5 heteroatoms. The summed E-state index contributed by atoms with van der Waals surface area (Å²) in [4.78, 5) is 2.51. The molecule has 0 saturated carbocycles. The van der Waals surface area contributed by atoms with Gasteiger partial charge in [-0.1, -0.05) is 12.2 Å². The zero-order valence-electron chi connectivity index (χ0n) is 7.77. The van der Waals surface area contributed by atoms with Gasteiger partial charge in [-0.05, 0) is 6.92 Å². The van der Waals surface area contributed by atoms with Crippen LogP contribution in [0.25, 0.3) is 0 Å². The van der Waals surface area contributed by atoms with Crippen molar-refractivity contribution >= 4 is 17.2 Å². The minimum absolute atomic E-state index is 0.0337. The second kappa shape index (κ2) is 4.85. The largest absolute Gasteiger partial charge is 0.392 e. The number of aliphatic hydroxyl groups is 1. The minimum Gasteiger partial charge on any atom is -0.392 e. The standard InChI is InChI=1S/C8H16N2O2S/c1-6(8(9)13)10-2-3-12-5-7(11)4-10/h6-7,11H,2-5H2,1H3,(H2,9,13). The SMILES string of the molecule is CC(C(N)=S)N1CCOCC(O)C1. The van der Waals surface area contributed by atoms with E-state index in [0.717, 1.165) is 6.54 Å². The maximum Gasteiger partial charge on any atom is 0.0900 e. The van der Waals surface area contributed by atoms with Crippen molar-refractivity contribution in [1.29, 1.82) is 0 Å². The molecule has 2 unspecified atom stereocenters. The number of aliphatic hydroxyl groups excluding tert-OH is 1. The highest BCUT2D eigenvalue weighted by Crippen LogP contribution is 2.05. The summed E-state index contributed by atoms with van der Waals surface area (Å²) in [6.07, 6.45) is -0.431. The van der Waals surface area contributed by atoms with E-state index in [1.165, 1.54) is 0 Å². The van der Waals surface area contributed by atoms with Gasteiger partial charge in [0.15, 0.2) is 0 Å². The van der Waals surface area contributed by atoms with Crippen molar-refractivity contribution in [1.82, 2.24) is 4.90 Å². The molecule has 0 amide bonds. The van der Waals surface area contributed by atoms with E-state index in [4.69, 9.17) is 22.7 Å². The third-order valence-corrected chi connectivity index (χ3v) is 2.58. The minimum atomic E-state index is -0.431. The Bertz CT molecular complexity index is 189. The summed E-state index contributed by atoms with van der Waals surface area (Å²) < 4.78 is 5.19. The normalized spacial score (nSPS) is 28.0. The van der Waals surface area contributed by atoms with Crippen LogP contribution in [0.3, 0.4) is 0 Å². The van der Waals surface area contributed by atoms with Gasteiger partial charge in [0.05, 0.1) is 30.3 Å². The predicted molar refractivity (Wildman–Crippen MR) is 54.6 cm³/mol. The Morgan fingerprint density at radius 2 is 2.46 bits per heavy atom. The van der Waals surface area contributed by atoms with Gasteiger partial charge in [0.25, 0.3) is 0 Å². The molecule has 1 saturated heterocycles. The van der Waals surface area contributed by atoms with E-state index < -0.39 is 6.10 Å². The van der Waals surface area contributed by atoms with E-state index in [-0.39, 0.29) is 6.04 Å². The first-order valence-corrected chi connectivity index (χ1v) is 4.81. The molecular weight excluding hydrogens is 188 g/mol. The Balaban J connectivity index is 2.51. The molecule has 1 aliphatic heterocycles. The average Bonchev–Trinajstić information content (AvgIpc) is 2.28. The molecule has 4 nitrogen and oxygen atoms in total. The number of ether oxygens (including phenoxy) is 1. The van der Waals surface area contributed by atoms with Crippen LogP contribution in [0.2, 0.25) is 0 Å². The third kappa shape index (κ3) is 3.19.